The van der Waals surface area contributed by atoms with Crippen LogP contribution in [0.25, 0.3) is 17.1 Å². The fourth-order valence-electron chi connectivity index (χ4n) is 3.08. The number of hydrogen-bond acceptors (Lipinski definition) is 7. The van der Waals surface area contributed by atoms with Crippen molar-refractivity contribution >= 4 is 34.1 Å². The van der Waals surface area contributed by atoms with E-state index in [1.807, 2.05) is 60.2 Å². The van der Waals surface area contributed by atoms with Gasteiger partial charge in [-0.05, 0) is 32.0 Å². The number of carbonyl (C=O) groups is 1. The number of carbonyl (C=O) groups excluding carboxylic acids is 1. The van der Waals surface area contributed by atoms with Gasteiger partial charge in [0.05, 0.1) is 17.5 Å². The minimum Gasteiger partial charge on any atom is -0.469 e. The molecule has 0 spiro atoms. The van der Waals surface area contributed by atoms with Crippen LogP contribution in [-0.4, -0.2) is 32.2 Å². The number of thiazole rings is 1. The lowest BCUT2D eigenvalue weighted by molar-refractivity contribution is -0.116. The van der Waals surface area contributed by atoms with Gasteiger partial charge in [0.1, 0.15) is 5.76 Å². The van der Waals surface area contributed by atoms with Crippen molar-refractivity contribution in [2.75, 3.05) is 11.4 Å². The third-order valence-electron chi connectivity index (χ3n) is 4.56. The van der Waals surface area contributed by atoms with Crippen molar-refractivity contribution in [1.29, 1.82) is 0 Å². The van der Waals surface area contributed by atoms with Crippen LogP contribution in [-0.2, 0) is 10.5 Å². The van der Waals surface area contributed by atoms with E-state index in [2.05, 4.69) is 15.2 Å². The molecule has 0 bridgehead atoms. The number of anilines is 1. The molecule has 0 aliphatic rings. The highest BCUT2D eigenvalue weighted by Gasteiger charge is 2.20. The highest BCUT2D eigenvalue weighted by atomic mass is 32.2. The minimum atomic E-state index is -0.00463. The van der Waals surface area contributed by atoms with Gasteiger partial charge < -0.3 is 4.42 Å². The summed E-state index contributed by atoms with van der Waals surface area (Å²) in [6.45, 7) is 6.02. The molecule has 3 aromatic heterocycles. The van der Waals surface area contributed by atoms with Crippen LogP contribution in [0.1, 0.15) is 25.3 Å². The Balaban J connectivity index is 1.63. The summed E-state index contributed by atoms with van der Waals surface area (Å²) < 4.78 is 7.51. The molecule has 0 saturated heterocycles. The quantitative estimate of drug-likeness (QED) is 0.379. The molecule has 1 aromatic carbocycles. The lowest BCUT2D eigenvalue weighted by Gasteiger charge is -2.14. The van der Waals surface area contributed by atoms with Crippen molar-refractivity contribution in [2.24, 2.45) is 0 Å². The second-order valence-corrected chi connectivity index (χ2v) is 8.32. The maximum absolute atomic E-state index is 11.8. The number of nitrogens with zero attached hydrogens (tertiary/aromatic N) is 5. The van der Waals surface area contributed by atoms with Crippen LogP contribution in [0.2, 0.25) is 0 Å². The molecule has 0 unspecified atom stereocenters. The third-order valence-corrected chi connectivity index (χ3v) is 6.44. The van der Waals surface area contributed by atoms with Crippen molar-refractivity contribution in [3.8, 4) is 17.1 Å². The molecular weight excluding hydrogens is 418 g/mol. The summed E-state index contributed by atoms with van der Waals surface area (Å²) in [6.07, 6.45) is 1.66. The summed E-state index contributed by atoms with van der Waals surface area (Å²) in [4.78, 5) is 18.1. The lowest BCUT2D eigenvalue weighted by atomic mass is 10.2. The molecule has 1 amide bonds. The Hall–Kier alpha value is -2.91. The summed E-state index contributed by atoms with van der Waals surface area (Å²) >= 11 is 3.04. The Labute approximate surface area is 182 Å². The molecule has 4 aromatic rings. The Kier molecular flexibility index (Phi) is 6.01. The van der Waals surface area contributed by atoms with E-state index in [-0.39, 0.29) is 5.91 Å². The molecule has 3 heterocycles. The minimum absolute atomic E-state index is 0.00463. The average Bonchev–Trinajstić information content (AvgIpc) is 3.47. The average molecular weight is 440 g/mol. The number of aryl methyl sites for hydroxylation is 1. The largest absolute Gasteiger partial charge is 0.469 e. The van der Waals surface area contributed by atoms with E-state index in [4.69, 9.17) is 4.42 Å². The molecule has 9 heteroatoms. The normalized spacial score (nSPS) is 11.0. The van der Waals surface area contributed by atoms with Gasteiger partial charge in [0.25, 0.3) is 0 Å². The standard InChI is InChI=1S/C21H21N5O2S2/c1-4-25(15(3)27)20-22-16(12-29-20)13-30-21-24-23-19(18-10-11-28-14(18)2)26(21)17-8-6-5-7-9-17/h5-12H,4,13H2,1-3H3. The summed E-state index contributed by atoms with van der Waals surface area (Å²) in [5, 5.41) is 12.4. The van der Waals surface area contributed by atoms with Crippen LogP contribution >= 0.6 is 23.1 Å². The van der Waals surface area contributed by atoms with Gasteiger partial charge in [0.15, 0.2) is 16.1 Å². The first-order chi connectivity index (χ1) is 14.6. The monoisotopic (exact) mass is 439 g/mol. The zero-order valence-corrected chi connectivity index (χ0v) is 18.5. The van der Waals surface area contributed by atoms with Crippen LogP contribution in [0.4, 0.5) is 5.13 Å². The molecule has 30 heavy (non-hydrogen) atoms. The highest BCUT2D eigenvalue weighted by molar-refractivity contribution is 7.98. The van der Waals surface area contributed by atoms with Gasteiger partial charge in [-0.15, -0.1) is 21.5 Å². The molecule has 0 N–H and O–H groups in total. The van der Waals surface area contributed by atoms with Crippen LogP contribution < -0.4 is 4.90 Å². The van der Waals surface area contributed by atoms with Gasteiger partial charge in [-0.1, -0.05) is 30.0 Å². The van der Waals surface area contributed by atoms with Crippen molar-refractivity contribution in [3.63, 3.8) is 0 Å². The Morgan fingerprint density at radius 3 is 2.70 bits per heavy atom. The number of aromatic nitrogens is 4. The second kappa shape index (κ2) is 8.85. The first kappa shape index (κ1) is 20.4. The molecular formula is C21H21N5O2S2. The fourth-order valence-corrected chi connectivity index (χ4v) is 4.96. The third kappa shape index (κ3) is 4.03. The molecule has 0 atom stereocenters. The second-order valence-electron chi connectivity index (χ2n) is 6.54. The maximum Gasteiger partial charge on any atom is 0.225 e. The van der Waals surface area contributed by atoms with Gasteiger partial charge in [0.2, 0.25) is 5.91 Å². The first-order valence-electron chi connectivity index (χ1n) is 9.49. The van der Waals surface area contributed by atoms with E-state index < -0.39 is 0 Å². The van der Waals surface area contributed by atoms with Gasteiger partial charge in [-0.25, -0.2) is 4.98 Å². The predicted octanol–water partition coefficient (Wildman–Crippen LogP) is 4.96. The van der Waals surface area contributed by atoms with Gasteiger partial charge in [-0.2, -0.15) is 0 Å². The number of benzene rings is 1. The molecule has 154 valence electrons. The number of furan rings is 1. The lowest BCUT2D eigenvalue weighted by Crippen LogP contribution is -2.27. The smallest absolute Gasteiger partial charge is 0.225 e. The summed E-state index contributed by atoms with van der Waals surface area (Å²) in [7, 11) is 0. The van der Waals surface area contributed by atoms with Crippen molar-refractivity contribution < 1.29 is 9.21 Å². The SMILES string of the molecule is CCN(C(C)=O)c1nc(CSc2nnc(-c3ccoc3C)n2-c2ccccc2)cs1. The first-order valence-corrected chi connectivity index (χ1v) is 11.4. The highest BCUT2D eigenvalue weighted by Crippen LogP contribution is 2.32. The number of rotatable bonds is 7. The molecule has 4 rings (SSSR count). The van der Waals surface area contributed by atoms with Crippen molar-refractivity contribution in [3.05, 3.63) is 59.5 Å². The fraction of sp³-hybridized carbons (Fsp3) is 0.238. The number of thioether (sulfide) groups is 1. The zero-order chi connectivity index (χ0) is 21.1. The van der Waals surface area contributed by atoms with Crippen molar-refractivity contribution in [2.45, 2.75) is 31.7 Å². The molecule has 0 radical (unpaired) electrons. The van der Waals surface area contributed by atoms with Crippen LogP contribution in [0.15, 0.2) is 57.6 Å². The predicted molar refractivity (Wildman–Crippen MR) is 119 cm³/mol. The Bertz CT molecular complexity index is 1150. The summed E-state index contributed by atoms with van der Waals surface area (Å²) in [6, 6.07) is 11.9. The zero-order valence-electron chi connectivity index (χ0n) is 16.9. The molecule has 0 fully saturated rings. The molecule has 7 nitrogen and oxygen atoms in total. The van der Waals surface area contributed by atoms with E-state index in [0.29, 0.717) is 12.3 Å². The molecule has 0 aliphatic carbocycles. The Morgan fingerprint density at radius 2 is 2.03 bits per heavy atom. The number of para-hydroxylation sites is 1. The van der Waals surface area contributed by atoms with Crippen molar-refractivity contribution in [1.82, 2.24) is 19.7 Å². The van der Waals surface area contributed by atoms with Gasteiger partial charge in [-0.3, -0.25) is 14.3 Å². The van der Waals surface area contributed by atoms with E-state index in [9.17, 15) is 4.79 Å². The van der Waals surface area contributed by atoms with Crippen LogP contribution in [0.3, 0.4) is 0 Å². The van der Waals surface area contributed by atoms with E-state index in [1.54, 1.807) is 29.8 Å². The summed E-state index contributed by atoms with van der Waals surface area (Å²) in [5.74, 6) is 2.16. The molecule has 0 saturated carbocycles. The van der Waals surface area contributed by atoms with Crippen LogP contribution in [0, 0.1) is 6.92 Å². The Morgan fingerprint density at radius 1 is 1.23 bits per heavy atom. The van der Waals surface area contributed by atoms with E-state index in [0.717, 1.165) is 38.8 Å². The van der Waals surface area contributed by atoms with E-state index in [1.165, 1.54) is 11.3 Å². The number of hydrogen-bond donors (Lipinski definition) is 0. The van der Waals surface area contributed by atoms with Gasteiger partial charge >= 0.3 is 0 Å². The topological polar surface area (TPSA) is 77.1 Å². The maximum atomic E-state index is 11.8. The van der Waals surface area contributed by atoms with E-state index >= 15 is 0 Å². The summed E-state index contributed by atoms with van der Waals surface area (Å²) in [5.41, 5.74) is 2.80. The molecule has 0 aliphatic heterocycles. The van der Waals surface area contributed by atoms with Gasteiger partial charge in [0, 0.05) is 30.3 Å². The number of amides is 1. The van der Waals surface area contributed by atoms with Crippen LogP contribution in [0.5, 0.6) is 0 Å².